The molecule has 2 saturated heterocycles. The second kappa shape index (κ2) is 10.5. The highest BCUT2D eigenvalue weighted by Gasteiger charge is 2.43. The molecule has 0 aromatic carbocycles. The van der Waals surface area contributed by atoms with Crippen molar-refractivity contribution in [3.8, 4) is 0 Å². The maximum atomic E-state index is 11.6. The molecule has 0 saturated carbocycles. The van der Waals surface area contributed by atoms with Gasteiger partial charge in [-0.2, -0.15) is 13.2 Å². The average molecular weight is 450 g/mol. The summed E-state index contributed by atoms with van der Waals surface area (Å²) >= 11 is 0. The van der Waals surface area contributed by atoms with Gasteiger partial charge in [-0.05, 0) is 31.9 Å². The molecular weight excluding hydrogens is 421 g/mol. The second-order valence-corrected chi connectivity index (χ2v) is 8.01. The van der Waals surface area contributed by atoms with E-state index in [0.717, 1.165) is 50.4 Å². The van der Waals surface area contributed by atoms with Crippen molar-refractivity contribution in [1.29, 1.82) is 0 Å². The van der Waals surface area contributed by atoms with Gasteiger partial charge in [-0.1, -0.05) is 0 Å². The molecule has 1 aromatic rings. The van der Waals surface area contributed by atoms with Gasteiger partial charge in [-0.3, -0.25) is 9.69 Å². The van der Waals surface area contributed by atoms with E-state index in [1.165, 1.54) is 0 Å². The van der Waals surface area contributed by atoms with Crippen LogP contribution in [0.1, 0.15) is 30.8 Å². The van der Waals surface area contributed by atoms with Crippen molar-refractivity contribution >= 4 is 11.9 Å². The number of likely N-dealkylation sites (tertiary alicyclic amines) is 1. The molecule has 1 aromatic heterocycles. The number of carbonyl (C=O) groups excluding carboxylic acids is 1. The maximum absolute atomic E-state index is 11.6. The van der Waals surface area contributed by atoms with Crippen molar-refractivity contribution < 1.29 is 41.8 Å². The lowest BCUT2D eigenvalue weighted by atomic mass is 9.88. The quantitative estimate of drug-likeness (QED) is 0.737. The predicted octanol–water partition coefficient (Wildman–Crippen LogP) is 2.45. The number of halogens is 3. The summed E-state index contributed by atoms with van der Waals surface area (Å²) in [5.74, 6) is -0.768. The van der Waals surface area contributed by atoms with Gasteiger partial charge in [0.1, 0.15) is 18.1 Å². The van der Waals surface area contributed by atoms with Crippen molar-refractivity contribution in [2.45, 2.75) is 50.6 Å². The molecule has 2 fully saturated rings. The zero-order chi connectivity index (χ0) is 23.2. The van der Waals surface area contributed by atoms with E-state index in [0.29, 0.717) is 6.61 Å². The Balaban J connectivity index is 0.000000423. The number of rotatable bonds is 5. The van der Waals surface area contributed by atoms with Crippen molar-refractivity contribution in [2.75, 3.05) is 40.4 Å². The first-order valence-corrected chi connectivity index (χ1v) is 9.94. The van der Waals surface area contributed by atoms with E-state index in [4.69, 9.17) is 23.8 Å². The molecule has 1 N–H and O–H groups in total. The van der Waals surface area contributed by atoms with E-state index in [-0.39, 0.29) is 24.2 Å². The molecule has 11 heteroatoms. The number of hydrogen-bond donors (Lipinski definition) is 1. The number of furan rings is 1. The van der Waals surface area contributed by atoms with Crippen LogP contribution in [-0.4, -0.2) is 85.1 Å². The molecule has 0 radical (unpaired) electrons. The van der Waals surface area contributed by atoms with Crippen LogP contribution in [0, 0.1) is 6.92 Å². The number of carboxylic acid groups (broad SMARTS) is 1. The standard InChI is InChI=1S/C18H28N2O4.C2HF3O2/c1-14-4-5-15(24-14)11-20-8-6-18(7-9-20)10-16(12-23-18)22-13-17(21)19(2)3;3-2(4,5)1(6)7/h4-5,16H,6-13H2,1-3H3;(H,6,7). The summed E-state index contributed by atoms with van der Waals surface area (Å²) in [6.07, 6.45) is -2.14. The van der Waals surface area contributed by atoms with Gasteiger partial charge in [0.05, 0.1) is 24.9 Å². The van der Waals surface area contributed by atoms with Gasteiger partial charge in [-0.15, -0.1) is 0 Å². The minimum atomic E-state index is -5.08. The van der Waals surface area contributed by atoms with Crippen LogP contribution < -0.4 is 0 Å². The van der Waals surface area contributed by atoms with Gasteiger partial charge in [0, 0.05) is 33.6 Å². The fraction of sp³-hybridized carbons (Fsp3) is 0.700. The maximum Gasteiger partial charge on any atom is 0.490 e. The first kappa shape index (κ1) is 25.2. The molecule has 0 bridgehead atoms. The summed E-state index contributed by atoms with van der Waals surface area (Å²) in [6, 6.07) is 4.06. The van der Waals surface area contributed by atoms with Crippen LogP contribution >= 0.6 is 0 Å². The second-order valence-electron chi connectivity index (χ2n) is 8.01. The van der Waals surface area contributed by atoms with Gasteiger partial charge in [0.25, 0.3) is 0 Å². The van der Waals surface area contributed by atoms with E-state index in [2.05, 4.69) is 11.0 Å². The largest absolute Gasteiger partial charge is 0.490 e. The molecule has 2 aliphatic heterocycles. The highest BCUT2D eigenvalue weighted by atomic mass is 19.4. The fourth-order valence-corrected chi connectivity index (χ4v) is 3.49. The minimum Gasteiger partial charge on any atom is -0.475 e. The Morgan fingerprint density at radius 3 is 2.39 bits per heavy atom. The van der Waals surface area contributed by atoms with Crippen LogP contribution in [-0.2, 0) is 25.6 Å². The number of amides is 1. The Kier molecular flexibility index (Phi) is 8.49. The summed E-state index contributed by atoms with van der Waals surface area (Å²) in [5.41, 5.74) is -0.0680. The van der Waals surface area contributed by atoms with Gasteiger partial charge in [0.2, 0.25) is 5.91 Å². The third-order valence-corrected chi connectivity index (χ3v) is 5.30. The Hall–Kier alpha value is -2.11. The Morgan fingerprint density at radius 1 is 1.29 bits per heavy atom. The first-order valence-electron chi connectivity index (χ1n) is 9.94. The smallest absolute Gasteiger partial charge is 0.475 e. The topological polar surface area (TPSA) is 92.5 Å². The van der Waals surface area contributed by atoms with Crippen molar-refractivity contribution in [2.24, 2.45) is 0 Å². The van der Waals surface area contributed by atoms with E-state index in [1.807, 2.05) is 13.0 Å². The first-order chi connectivity index (χ1) is 14.4. The molecule has 31 heavy (non-hydrogen) atoms. The zero-order valence-corrected chi connectivity index (χ0v) is 17.9. The van der Waals surface area contributed by atoms with Crippen LogP contribution in [0.3, 0.4) is 0 Å². The lowest BCUT2D eigenvalue weighted by Crippen LogP contribution is -2.44. The number of aliphatic carboxylic acids is 1. The number of likely N-dealkylation sites (N-methyl/N-ethyl adjacent to an activating group) is 1. The molecule has 1 spiro atoms. The van der Waals surface area contributed by atoms with Crippen LogP contribution in [0.2, 0.25) is 0 Å². The Labute approximate surface area is 178 Å². The summed E-state index contributed by atoms with van der Waals surface area (Å²) < 4.78 is 49.2. The summed E-state index contributed by atoms with van der Waals surface area (Å²) in [4.78, 5) is 24.5. The molecule has 1 atom stereocenters. The van der Waals surface area contributed by atoms with Crippen LogP contribution in [0.4, 0.5) is 13.2 Å². The van der Waals surface area contributed by atoms with Gasteiger partial charge >= 0.3 is 12.1 Å². The summed E-state index contributed by atoms with van der Waals surface area (Å²) in [7, 11) is 3.49. The number of piperidine rings is 1. The molecule has 176 valence electrons. The highest BCUT2D eigenvalue weighted by molar-refractivity contribution is 5.76. The van der Waals surface area contributed by atoms with Crippen molar-refractivity contribution in [3.63, 3.8) is 0 Å². The third-order valence-electron chi connectivity index (χ3n) is 5.30. The van der Waals surface area contributed by atoms with E-state index in [1.54, 1.807) is 19.0 Å². The molecule has 3 rings (SSSR count). The minimum absolute atomic E-state index is 0.000453. The SMILES string of the molecule is Cc1ccc(CN2CCC3(CC2)CC(OCC(=O)N(C)C)CO3)o1.O=C(O)C(F)(F)F. The molecule has 3 heterocycles. The molecule has 8 nitrogen and oxygen atoms in total. The van der Waals surface area contributed by atoms with Crippen LogP contribution in [0.25, 0.3) is 0 Å². The number of hydrogen-bond acceptors (Lipinski definition) is 6. The van der Waals surface area contributed by atoms with Crippen molar-refractivity contribution in [1.82, 2.24) is 9.80 Å². The Bertz CT molecular complexity index is 742. The van der Waals surface area contributed by atoms with Crippen LogP contribution in [0.15, 0.2) is 16.5 Å². The molecule has 2 aliphatic rings. The molecular formula is C20H29F3N2O6. The van der Waals surface area contributed by atoms with Crippen molar-refractivity contribution in [3.05, 3.63) is 23.7 Å². The Morgan fingerprint density at radius 2 is 1.90 bits per heavy atom. The van der Waals surface area contributed by atoms with E-state index >= 15 is 0 Å². The lowest BCUT2D eigenvalue weighted by molar-refractivity contribution is -0.192. The average Bonchev–Trinajstić information content (AvgIpc) is 3.27. The highest BCUT2D eigenvalue weighted by Crippen LogP contribution is 2.37. The van der Waals surface area contributed by atoms with Crippen LogP contribution in [0.5, 0.6) is 0 Å². The predicted molar refractivity (Wildman–Crippen MR) is 103 cm³/mol. The molecule has 0 aliphatic carbocycles. The normalized spacial score (nSPS) is 20.9. The number of aryl methyl sites for hydroxylation is 1. The molecule has 1 amide bonds. The molecule has 1 unspecified atom stereocenters. The third kappa shape index (κ3) is 7.82. The number of ether oxygens (including phenoxy) is 2. The summed E-state index contributed by atoms with van der Waals surface area (Å²) in [5, 5.41) is 7.12. The zero-order valence-electron chi connectivity index (χ0n) is 17.9. The van der Waals surface area contributed by atoms with E-state index < -0.39 is 12.1 Å². The number of carboxylic acids is 1. The number of alkyl halides is 3. The number of nitrogens with zero attached hydrogens (tertiary/aromatic N) is 2. The van der Waals surface area contributed by atoms with Gasteiger partial charge < -0.3 is 23.9 Å². The number of carbonyl (C=O) groups is 2. The van der Waals surface area contributed by atoms with E-state index in [9.17, 15) is 18.0 Å². The summed E-state index contributed by atoms with van der Waals surface area (Å²) in [6.45, 7) is 5.58. The fourth-order valence-electron chi connectivity index (χ4n) is 3.49. The van der Waals surface area contributed by atoms with Gasteiger partial charge in [-0.25, -0.2) is 4.79 Å². The lowest BCUT2D eigenvalue weighted by Gasteiger charge is -2.38. The monoisotopic (exact) mass is 450 g/mol. The van der Waals surface area contributed by atoms with Gasteiger partial charge in [0.15, 0.2) is 0 Å².